The number of ether oxygens (including phenoxy) is 2. The van der Waals surface area contributed by atoms with Crippen LogP contribution in [0.5, 0.6) is 0 Å². The summed E-state index contributed by atoms with van der Waals surface area (Å²) < 4.78 is 35.8. The standard InChI is InChI=1S/C17H26N5O6P/c1-3-26-17(23)12(2)6-13-7-27-29(24,28-8-13)11-25-5-4-22-10-21-14-15(18)19-9-20-16(14)22/h9-10,12-13H,3-8,11H2,1-2H3,(H2,18,19,20). The van der Waals surface area contributed by atoms with Gasteiger partial charge in [0.05, 0.1) is 38.7 Å². The molecule has 0 aromatic carbocycles. The zero-order valence-electron chi connectivity index (χ0n) is 16.5. The summed E-state index contributed by atoms with van der Waals surface area (Å²) in [7, 11) is -3.30. The number of imidazole rings is 1. The number of carbonyl (C=O) groups excluding carboxylic acids is 1. The Labute approximate surface area is 168 Å². The van der Waals surface area contributed by atoms with E-state index in [0.29, 0.717) is 36.6 Å². The molecule has 160 valence electrons. The van der Waals surface area contributed by atoms with E-state index in [1.807, 2.05) is 0 Å². The number of esters is 1. The number of aromatic nitrogens is 4. The summed E-state index contributed by atoms with van der Waals surface area (Å²) >= 11 is 0. The van der Waals surface area contributed by atoms with E-state index in [1.54, 1.807) is 24.7 Å². The van der Waals surface area contributed by atoms with Gasteiger partial charge in [0.25, 0.3) is 0 Å². The van der Waals surface area contributed by atoms with Crippen molar-refractivity contribution in [3.8, 4) is 0 Å². The number of anilines is 1. The Hall–Kier alpha value is -2.07. The summed E-state index contributed by atoms with van der Waals surface area (Å²) in [5.41, 5.74) is 6.90. The molecule has 1 aliphatic heterocycles. The quantitative estimate of drug-likeness (QED) is 0.358. The van der Waals surface area contributed by atoms with Gasteiger partial charge in [-0.05, 0) is 13.3 Å². The van der Waals surface area contributed by atoms with Crippen molar-refractivity contribution in [1.29, 1.82) is 0 Å². The van der Waals surface area contributed by atoms with Gasteiger partial charge in [-0.2, -0.15) is 0 Å². The molecule has 12 heteroatoms. The highest BCUT2D eigenvalue weighted by atomic mass is 31.2. The van der Waals surface area contributed by atoms with Crippen LogP contribution in [0.4, 0.5) is 5.82 Å². The fourth-order valence-corrected chi connectivity index (χ4v) is 4.47. The number of nitrogens with zero attached hydrogens (tertiary/aromatic N) is 4. The van der Waals surface area contributed by atoms with Gasteiger partial charge in [0.2, 0.25) is 0 Å². The molecule has 3 rings (SSSR count). The normalized spacial score (nSPS) is 23.2. The molecule has 0 aliphatic carbocycles. The SMILES string of the molecule is CCOC(=O)C(C)CC1COP(=O)(COCCn2cnc3c(N)ncnc32)OC1. The largest absolute Gasteiger partial charge is 0.466 e. The Morgan fingerprint density at radius 1 is 1.38 bits per heavy atom. The third-order valence-electron chi connectivity index (χ3n) is 4.55. The number of carbonyl (C=O) groups is 1. The van der Waals surface area contributed by atoms with Crippen molar-refractivity contribution in [2.75, 3.05) is 38.5 Å². The Bertz CT molecular complexity index is 878. The van der Waals surface area contributed by atoms with Crippen LogP contribution in [-0.2, 0) is 34.4 Å². The molecule has 2 aromatic rings. The third-order valence-corrected chi connectivity index (χ3v) is 6.13. The first kappa shape index (κ1) is 21.6. The first-order chi connectivity index (χ1) is 13.9. The minimum atomic E-state index is -3.30. The fraction of sp³-hybridized carbons (Fsp3) is 0.647. The van der Waals surface area contributed by atoms with Crippen molar-refractivity contribution >= 4 is 30.5 Å². The zero-order valence-corrected chi connectivity index (χ0v) is 17.4. The van der Waals surface area contributed by atoms with Gasteiger partial charge in [-0.15, -0.1) is 0 Å². The van der Waals surface area contributed by atoms with Crippen LogP contribution >= 0.6 is 7.60 Å². The molecular weight excluding hydrogens is 401 g/mol. The maximum Gasteiger partial charge on any atom is 0.356 e. The smallest absolute Gasteiger partial charge is 0.356 e. The molecule has 0 amide bonds. The van der Waals surface area contributed by atoms with Gasteiger partial charge in [0, 0.05) is 12.5 Å². The van der Waals surface area contributed by atoms with Crippen molar-refractivity contribution in [1.82, 2.24) is 19.5 Å². The predicted octanol–water partition coefficient (Wildman–Crippen LogP) is 1.83. The van der Waals surface area contributed by atoms with Crippen molar-refractivity contribution in [3.63, 3.8) is 0 Å². The van der Waals surface area contributed by atoms with Crippen LogP contribution in [0.15, 0.2) is 12.7 Å². The highest BCUT2D eigenvalue weighted by Gasteiger charge is 2.34. The lowest BCUT2D eigenvalue weighted by molar-refractivity contribution is -0.148. The van der Waals surface area contributed by atoms with Gasteiger partial charge < -0.3 is 28.8 Å². The first-order valence-electron chi connectivity index (χ1n) is 9.45. The molecule has 0 saturated carbocycles. The van der Waals surface area contributed by atoms with Crippen LogP contribution in [0.2, 0.25) is 0 Å². The summed E-state index contributed by atoms with van der Waals surface area (Å²) in [6, 6.07) is 0. The van der Waals surface area contributed by atoms with Gasteiger partial charge in [-0.3, -0.25) is 9.36 Å². The molecular formula is C17H26N5O6P. The number of fused-ring (bicyclic) bond motifs is 1. The van der Waals surface area contributed by atoms with Crippen molar-refractivity contribution in [2.24, 2.45) is 11.8 Å². The number of rotatable bonds is 9. The number of hydrogen-bond acceptors (Lipinski definition) is 10. The number of nitrogen functional groups attached to an aromatic ring is 1. The highest BCUT2D eigenvalue weighted by molar-refractivity contribution is 7.53. The number of hydrogen-bond donors (Lipinski definition) is 1. The molecule has 2 aromatic heterocycles. The summed E-state index contributed by atoms with van der Waals surface area (Å²) in [5, 5.41) is 0. The van der Waals surface area contributed by atoms with Crippen LogP contribution in [0.1, 0.15) is 20.3 Å². The molecule has 1 fully saturated rings. The second-order valence-corrected chi connectivity index (χ2v) is 8.86. The molecule has 3 heterocycles. The van der Waals surface area contributed by atoms with E-state index in [4.69, 9.17) is 24.3 Å². The Kier molecular flexibility index (Phi) is 7.18. The van der Waals surface area contributed by atoms with Crippen LogP contribution in [0, 0.1) is 11.8 Å². The first-order valence-corrected chi connectivity index (χ1v) is 11.2. The topological polar surface area (TPSA) is 141 Å². The van der Waals surface area contributed by atoms with Crippen LogP contribution in [-0.4, -0.2) is 58.3 Å². The Balaban J connectivity index is 1.41. The summed E-state index contributed by atoms with van der Waals surface area (Å²) in [4.78, 5) is 23.9. The van der Waals surface area contributed by atoms with E-state index >= 15 is 0 Å². The van der Waals surface area contributed by atoms with E-state index < -0.39 is 7.60 Å². The van der Waals surface area contributed by atoms with E-state index in [2.05, 4.69) is 15.0 Å². The van der Waals surface area contributed by atoms with Gasteiger partial charge in [-0.25, -0.2) is 15.0 Å². The second-order valence-electron chi connectivity index (χ2n) is 6.86. The van der Waals surface area contributed by atoms with Crippen LogP contribution < -0.4 is 5.73 Å². The third kappa shape index (κ3) is 5.51. The van der Waals surface area contributed by atoms with Gasteiger partial charge in [-0.1, -0.05) is 6.92 Å². The fourth-order valence-electron chi connectivity index (χ4n) is 3.02. The summed E-state index contributed by atoms with van der Waals surface area (Å²) in [5.74, 6) is -0.207. The molecule has 0 bridgehead atoms. The van der Waals surface area contributed by atoms with Crippen LogP contribution in [0.3, 0.4) is 0 Å². The van der Waals surface area contributed by atoms with E-state index in [1.165, 1.54) is 6.33 Å². The van der Waals surface area contributed by atoms with Gasteiger partial charge >= 0.3 is 13.6 Å². The zero-order chi connectivity index (χ0) is 20.9. The summed E-state index contributed by atoms with van der Waals surface area (Å²) in [6.45, 7) is 5.16. The molecule has 1 aliphatic rings. The molecule has 1 atom stereocenters. The van der Waals surface area contributed by atoms with E-state index in [0.717, 1.165) is 0 Å². The minimum Gasteiger partial charge on any atom is -0.466 e. The molecule has 0 radical (unpaired) electrons. The lowest BCUT2D eigenvalue weighted by Gasteiger charge is -2.29. The molecule has 1 unspecified atom stereocenters. The van der Waals surface area contributed by atoms with Crippen molar-refractivity contribution in [2.45, 2.75) is 26.8 Å². The summed E-state index contributed by atoms with van der Waals surface area (Å²) in [6.07, 6.45) is 3.39. The van der Waals surface area contributed by atoms with Gasteiger partial charge in [0.15, 0.2) is 11.5 Å². The maximum absolute atomic E-state index is 12.6. The molecule has 29 heavy (non-hydrogen) atoms. The average molecular weight is 427 g/mol. The Morgan fingerprint density at radius 2 is 2.14 bits per heavy atom. The lowest BCUT2D eigenvalue weighted by Crippen LogP contribution is -2.27. The number of nitrogens with two attached hydrogens (primary N) is 1. The molecule has 0 spiro atoms. The maximum atomic E-state index is 12.6. The monoisotopic (exact) mass is 427 g/mol. The lowest BCUT2D eigenvalue weighted by atomic mass is 9.97. The molecule has 1 saturated heterocycles. The van der Waals surface area contributed by atoms with Crippen LogP contribution in [0.25, 0.3) is 11.2 Å². The van der Waals surface area contributed by atoms with Gasteiger partial charge in [0.1, 0.15) is 18.2 Å². The molecule has 11 nitrogen and oxygen atoms in total. The predicted molar refractivity (Wildman–Crippen MR) is 104 cm³/mol. The second kappa shape index (κ2) is 9.62. The van der Waals surface area contributed by atoms with E-state index in [9.17, 15) is 9.36 Å². The average Bonchev–Trinajstić information content (AvgIpc) is 3.12. The van der Waals surface area contributed by atoms with Crippen molar-refractivity contribution in [3.05, 3.63) is 12.7 Å². The highest BCUT2D eigenvalue weighted by Crippen LogP contribution is 2.51. The Morgan fingerprint density at radius 3 is 2.86 bits per heavy atom. The minimum absolute atomic E-state index is 0.0149. The van der Waals surface area contributed by atoms with E-state index in [-0.39, 0.29) is 44.0 Å². The van der Waals surface area contributed by atoms with Crippen molar-refractivity contribution < 1.29 is 27.9 Å². The molecule has 2 N–H and O–H groups in total.